The number of aryl methyl sites for hydroxylation is 1. The predicted octanol–water partition coefficient (Wildman–Crippen LogP) is 3.60. The van der Waals surface area contributed by atoms with Gasteiger partial charge in [-0.15, -0.1) is 0 Å². The summed E-state index contributed by atoms with van der Waals surface area (Å²) in [5.41, 5.74) is 1.60. The lowest BCUT2D eigenvalue weighted by atomic mass is 9.98. The molecular formula is C23H25F3N2O5. The zero-order valence-corrected chi connectivity index (χ0v) is 18.6. The van der Waals surface area contributed by atoms with Crippen LogP contribution in [0.4, 0.5) is 18.9 Å². The maximum Gasteiger partial charge on any atom is 0.344 e. The van der Waals surface area contributed by atoms with Gasteiger partial charge in [-0.25, -0.2) is 18.0 Å². The van der Waals surface area contributed by atoms with Gasteiger partial charge in [0.15, 0.2) is 30.2 Å². The Morgan fingerprint density at radius 3 is 2.33 bits per heavy atom. The zero-order chi connectivity index (χ0) is 24.7. The molecule has 2 aromatic rings. The third-order valence-corrected chi connectivity index (χ3v) is 4.63. The van der Waals surface area contributed by atoms with Crippen molar-refractivity contribution in [1.29, 1.82) is 0 Å². The normalized spacial score (nSPS) is 11.6. The number of esters is 1. The molecule has 2 N–H and O–H groups in total. The number of hydrogen-bond donors (Lipinski definition) is 2. The van der Waals surface area contributed by atoms with E-state index in [4.69, 9.17) is 9.47 Å². The van der Waals surface area contributed by atoms with Crippen LogP contribution in [-0.4, -0.2) is 37.0 Å². The first kappa shape index (κ1) is 25.7. The number of ether oxygens (including phenoxy) is 2. The summed E-state index contributed by atoms with van der Waals surface area (Å²) in [5.74, 6) is -6.35. The minimum atomic E-state index is -1.73. The van der Waals surface area contributed by atoms with Crippen molar-refractivity contribution < 1.29 is 37.0 Å². The van der Waals surface area contributed by atoms with Crippen LogP contribution in [-0.2, 0) is 19.1 Å². The first-order chi connectivity index (χ1) is 15.5. The van der Waals surface area contributed by atoms with E-state index in [2.05, 4.69) is 19.2 Å². The fraction of sp³-hybridized carbons (Fsp3) is 0.348. The Labute approximate surface area is 189 Å². The van der Waals surface area contributed by atoms with Gasteiger partial charge < -0.3 is 20.1 Å². The van der Waals surface area contributed by atoms with Crippen molar-refractivity contribution in [2.75, 3.05) is 18.5 Å². The number of carbonyl (C=O) groups is 3. The molecule has 0 aliphatic carbocycles. The van der Waals surface area contributed by atoms with E-state index in [0.717, 1.165) is 17.2 Å². The quantitative estimate of drug-likeness (QED) is 0.435. The monoisotopic (exact) mass is 466 g/mol. The van der Waals surface area contributed by atoms with E-state index in [0.29, 0.717) is 17.7 Å². The number of carbonyl (C=O) groups excluding carboxylic acids is 3. The van der Waals surface area contributed by atoms with Crippen LogP contribution in [0.3, 0.4) is 0 Å². The molecule has 33 heavy (non-hydrogen) atoms. The fourth-order valence-electron chi connectivity index (χ4n) is 2.94. The molecule has 1 atom stereocenters. The van der Waals surface area contributed by atoms with Gasteiger partial charge in [0, 0.05) is 0 Å². The smallest absolute Gasteiger partial charge is 0.344 e. The van der Waals surface area contributed by atoms with Gasteiger partial charge in [-0.05, 0) is 55.2 Å². The largest absolute Gasteiger partial charge is 0.482 e. The highest BCUT2D eigenvalue weighted by molar-refractivity contribution is 5.95. The van der Waals surface area contributed by atoms with Crippen LogP contribution in [0.25, 0.3) is 0 Å². The second-order valence-electron chi connectivity index (χ2n) is 7.58. The molecule has 2 rings (SSSR count). The van der Waals surface area contributed by atoms with E-state index in [-0.39, 0.29) is 0 Å². The van der Waals surface area contributed by atoms with Crippen molar-refractivity contribution in [3.05, 3.63) is 58.9 Å². The lowest BCUT2D eigenvalue weighted by molar-refractivity contribution is -0.156. The molecule has 2 amide bonds. The van der Waals surface area contributed by atoms with Crippen molar-refractivity contribution >= 4 is 23.5 Å². The Kier molecular flexibility index (Phi) is 8.84. The van der Waals surface area contributed by atoms with Crippen LogP contribution < -0.4 is 15.4 Å². The van der Waals surface area contributed by atoms with Crippen LogP contribution in [0.2, 0.25) is 0 Å². The first-order valence-corrected chi connectivity index (χ1v) is 10.1. The van der Waals surface area contributed by atoms with Crippen LogP contribution in [0.15, 0.2) is 30.3 Å². The highest BCUT2D eigenvalue weighted by Gasteiger charge is 2.20. The number of benzene rings is 2. The number of amides is 2. The van der Waals surface area contributed by atoms with E-state index in [1.807, 2.05) is 18.3 Å². The van der Waals surface area contributed by atoms with Crippen molar-refractivity contribution in [3.8, 4) is 5.75 Å². The molecule has 0 aromatic heterocycles. The predicted molar refractivity (Wildman–Crippen MR) is 114 cm³/mol. The van der Waals surface area contributed by atoms with Gasteiger partial charge in [0.25, 0.3) is 5.91 Å². The minimum absolute atomic E-state index is 0.348. The van der Waals surface area contributed by atoms with Gasteiger partial charge in [0.05, 0.1) is 12.2 Å². The summed E-state index contributed by atoms with van der Waals surface area (Å²) in [7, 11) is 0. The fourth-order valence-corrected chi connectivity index (χ4v) is 2.94. The van der Waals surface area contributed by atoms with Crippen LogP contribution in [0.5, 0.6) is 5.75 Å². The second-order valence-corrected chi connectivity index (χ2v) is 7.58. The second kappa shape index (κ2) is 11.3. The molecule has 0 aliphatic heterocycles. The molecule has 0 aliphatic rings. The van der Waals surface area contributed by atoms with E-state index in [1.165, 1.54) is 6.92 Å². The Morgan fingerprint density at radius 2 is 1.70 bits per heavy atom. The van der Waals surface area contributed by atoms with Gasteiger partial charge in [-0.2, -0.15) is 0 Å². The summed E-state index contributed by atoms with van der Waals surface area (Å²) in [5, 5.41) is 4.20. The van der Waals surface area contributed by atoms with Crippen LogP contribution >= 0.6 is 0 Å². The molecule has 0 saturated carbocycles. The van der Waals surface area contributed by atoms with Gasteiger partial charge in [-0.3, -0.25) is 9.59 Å². The third kappa shape index (κ3) is 7.23. The average molecular weight is 466 g/mol. The van der Waals surface area contributed by atoms with E-state index in [9.17, 15) is 27.6 Å². The van der Waals surface area contributed by atoms with Crippen LogP contribution in [0, 0.1) is 24.4 Å². The van der Waals surface area contributed by atoms with Gasteiger partial charge in [0.2, 0.25) is 5.91 Å². The van der Waals surface area contributed by atoms with Crippen molar-refractivity contribution in [3.63, 3.8) is 0 Å². The average Bonchev–Trinajstić information content (AvgIpc) is 2.76. The minimum Gasteiger partial charge on any atom is -0.482 e. The topological polar surface area (TPSA) is 93.7 Å². The highest BCUT2D eigenvalue weighted by atomic mass is 19.2. The van der Waals surface area contributed by atoms with E-state index >= 15 is 0 Å². The summed E-state index contributed by atoms with van der Waals surface area (Å²) < 4.78 is 50.1. The molecule has 1 unspecified atom stereocenters. The standard InChI is InChI=1S/C23H25F3N2O5/c1-12(2)16-6-5-15(9-13(16)3)32-11-20(30)33-14(4)23(31)27-10-19(29)28-18-8-7-17(24)21(25)22(18)26/h5-9,12,14H,10-11H2,1-4H3,(H,27,31)(H,28,29). The van der Waals surface area contributed by atoms with Crippen molar-refractivity contribution in [2.24, 2.45) is 0 Å². The molecule has 0 heterocycles. The van der Waals surface area contributed by atoms with Crippen molar-refractivity contribution in [2.45, 2.75) is 39.7 Å². The highest BCUT2D eigenvalue weighted by Crippen LogP contribution is 2.23. The van der Waals surface area contributed by atoms with Gasteiger partial charge >= 0.3 is 5.97 Å². The van der Waals surface area contributed by atoms with E-state index in [1.54, 1.807) is 12.1 Å². The number of halogens is 3. The molecule has 0 spiro atoms. The molecule has 0 bridgehead atoms. The lowest BCUT2D eigenvalue weighted by Gasteiger charge is -2.15. The summed E-state index contributed by atoms with van der Waals surface area (Å²) in [4.78, 5) is 35.8. The number of hydrogen-bond acceptors (Lipinski definition) is 5. The molecule has 0 radical (unpaired) electrons. The van der Waals surface area contributed by atoms with E-state index < -0.39 is 60.2 Å². The number of anilines is 1. The SMILES string of the molecule is Cc1cc(OCC(=O)OC(C)C(=O)NCC(=O)Nc2ccc(F)c(F)c2F)ccc1C(C)C. The molecule has 10 heteroatoms. The molecule has 2 aromatic carbocycles. The Hall–Kier alpha value is -3.56. The number of rotatable bonds is 9. The third-order valence-electron chi connectivity index (χ3n) is 4.63. The van der Waals surface area contributed by atoms with Crippen molar-refractivity contribution in [1.82, 2.24) is 5.32 Å². The van der Waals surface area contributed by atoms with Gasteiger partial charge in [-0.1, -0.05) is 19.9 Å². The van der Waals surface area contributed by atoms with Crippen LogP contribution in [0.1, 0.15) is 37.8 Å². The van der Waals surface area contributed by atoms with Gasteiger partial charge in [0.1, 0.15) is 5.75 Å². The molecular weight excluding hydrogens is 441 g/mol. The Balaban J connectivity index is 1.78. The summed E-state index contributed by atoms with van der Waals surface area (Å²) in [6.45, 7) is 6.32. The molecule has 7 nitrogen and oxygen atoms in total. The Morgan fingerprint density at radius 1 is 1.00 bits per heavy atom. The lowest BCUT2D eigenvalue weighted by Crippen LogP contribution is -2.40. The summed E-state index contributed by atoms with van der Waals surface area (Å²) >= 11 is 0. The summed E-state index contributed by atoms with van der Waals surface area (Å²) in [6.07, 6.45) is -1.24. The molecule has 0 saturated heterocycles. The first-order valence-electron chi connectivity index (χ1n) is 10.1. The molecule has 178 valence electrons. The maximum atomic E-state index is 13.6. The zero-order valence-electron chi connectivity index (χ0n) is 18.6. The maximum absolute atomic E-state index is 13.6. The molecule has 0 fully saturated rings. The number of nitrogens with one attached hydrogen (secondary N) is 2. The Bertz CT molecular complexity index is 1040. The summed E-state index contributed by atoms with van der Waals surface area (Å²) in [6, 6.07) is 6.94.